The lowest BCUT2D eigenvalue weighted by molar-refractivity contribution is -0.121. The number of pyridine rings is 1. The Kier molecular flexibility index (Phi) is 15.3. The summed E-state index contributed by atoms with van der Waals surface area (Å²) in [5, 5.41) is 22.1. The highest BCUT2D eigenvalue weighted by molar-refractivity contribution is 5.95. The molecule has 44 heavy (non-hydrogen) atoms. The van der Waals surface area contributed by atoms with Gasteiger partial charge in [-0.2, -0.15) is 10.4 Å². The molecular weight excluding hydrogens is 550 g/mol. The van der Waals surface area contributed by atoms with Crippen LogP contribution < -0.4 is 16.0 Å². The zero-order valence-corrected chi connectivity index (χ0v) is 26.4. The topological polar surface area (TPSA) is 125 Å². The van der Waals surface area contributed by atoms with Gasteiger partial charge < -0.3 is 16.0 Å². The van der Waals surface area contributed by atoms with E-state index in [9.17, 15) is 9.59 Å². The molecular formula is C35H43N7O2. The normalized spacial score (nSPS) is 11.6. The third-order valence-corrected chi connectivity index (χ3v) is 6.53. The number of likely N-dealkylation sites (N-methyl/N-ethyl adjacent to an activating group) is 1. The molecule has 2 atom stereocenters. The van der Waals surface area contributed by atoms with Crippen molar-refractivity contribution in [3.63, 3.8) is 0 Å². The van der Waals surface area contributed by atoms with Crippen LogP contribution in [0, 0.1) is 11.3 Å². The molecule has 4 aromatic rings. The number of allylic oxidation sites excluding steroid dienone is 2. The highest BCUT2D eigenvalue weighted by Gasteiger charge is 2.22. The maximum absolute atomic E-state index is 13.3. The number of benzene rings is 2. The molecule has 0 radical (unpaired) electrons. The summed E-state index contributed by atoms with van der Waals surface area (Å²) in [6.45, 7) is 10.8. The Bertz CT molecular complexity index is 1480. The summed E-state index contributed by atoms with van der Waals surface area (Å²) in [6.07, 6.45) is 9.10. The lowest BCUT2D eigenvalue weighted by atomic mass is 9.98. The van der Waals surface area contributed by atoms with Gasteiger partial charge in [-0.1, -0.05) is 75.4 Å². The first-order valence-electron chi connectivity index (χ1n) is 14.7. The number of nitrogens with one attached hydrogen (secondary N) is 3. The molecule has 0 saturated carbocycles. The number of anilines is 1. The number of carbonyl (C=O) groups is 2. The summed E-state index contributed by atoms with van der Waals surface area (Å²) in [7, 11) is 1.58. The summed E-state index contributed by atoms with van der Waals surface area (Å²) >= 11 is 0. The van der Waals surface area contributed by atoms with Gasteiger partial charge in [0, 0.05) is 37.1 Å². The van der Waals surface area contributed by atoms with E-state index < -0.39 is 6.04 Å². The summed E-state index contributed by atoms with van der Waals surface area (Å²) in [5.41, 5.74) is 4.18. The second-order valence-electron chi connectivity index (χ2n) is 9.57. The van der Waals surface area contributed by atoms with Gasteiger partial charge in [-0.3, -0.25) is 14.3 Å². The molecule has 3 N–H and O–H groups in total. The van der Waals surface area contributed by atoms with Crippen LogP contribution in [0.5, 0.6) is 0 Å². The minimum Gasteiger partial charge on any atom is -0.358 e. The molecule has 0 bridgehead atoms. The molecule has 9 heteroatoms. The molecule has 2 amide bonds. The zero-order valence-electron chi connectivity index (χ0n) is 26.4. The van der Waals surface area contributed by atoms with Crippen LogP contribution in [0.15, 0.2) is 97.5 Å². The van der Waals surface area contributed by atoms with Crippen LogP contribution in [0.4, 0.5) is 5.82 Å². The van der Waals surface area contributed by atoms with E-state index in [1.54, 1.807) is 48.5 Å². The van der Waals surface area contributed by atoms with Crippen molar-refractivity contribution in [2.75, 3.05) is 18.9 Å². The predicted molar refractivity (Wildman–Crippen MR) is 177 cm³/mol. The maximum Gasteiger partial charge on any atom is 0.247 e. The van der Waals surface area contributed by atoms with Crippen molar-refractivity contribution in [3.05, 3.63) is 114 Å². The van der Waals surface area contributed by atoms with E-state index in [0.29, 0.717) is 17.9 Å². The molecule has 0 aliphatic carbocycles. The fourth-order valence-corrected chi connectivity index (χ4v) is 3.97. The van der Waals surface area contributed by atoms with E-state index >= 15 is 0 Å². The number of nitriles is 1. The van der Waals surface area contributed by atoms with Crippen LogP contribution in [-0.2, 0) is 16.1 Å². The highest BCUT2D eigenvalue weighted by Crippen LogP contribution is 2.22. The molecule has 0 spiro atoms. The Morgan fingerprint density at radius 3 is 2.18 bits per heavy atom. The molecule has 2 aromatic carbocycles. The van der Waals surface area contributed by atoms with Crippen molar-refractivity contribution in [2.24, 2.45) is 0 Å². The van der Waals surface area contributed by atoms with E-state index in [1.807, 2.05) is 88.4 Å². The molecule has 0 aliphatic rings. The minimum atomic E-state index is -0.582. The van der Waals surface area contributed by atoms with E-state index in [1.165, 1.54) is 0 Å². The fraction of sp³-hybridized carbons (Fsp3) is 0.286. The second kappa shape index (κ2) is 19.2. The molecule has 2 unspecified atom stereocenters. The molecule has 9 nitrogen and oxygen atoms in total. The first kappa shape index (κ1) is 35.1. The predicted octanol–water partition coefficient (Wildman–Crippen LogP) is 6.24. The van der Waals surface area contributed by atoms with E-state index in [0.717, 1.165) is 22.3 Å². The first-order valence-corrected chi connectivity index (χ1v) is 14.7. The molecule has 2 heterocycles. The lowest BCUT2D eigenvalue weighted by Crippen LogP contribution is -2.35. The Morgan fingerprint density at radius 1 is 0.932 bits per heavy atom. The molecule has 0 fully saturated rings. The fourth-order valence-electron chi connectivity index (χ4n) is 3.97. The second-order valence-corrected chi connectivity index (χ2v) is 9.57. The minimum absolute atomic E-state index is 0.128. The standard InChI is InChI=1S/C29H29N7O2.C4H8.C2H6/c1-20(22-10-8-21(14-30)9-11-22)15-33-28(23-6-4-3-5-7-23)29(38)35-26-13-12-24(16-32-26)25-17-34-36(18-25)19-27(37)31-2;1-3-4-2;1-2/h3-13,16-18,20,28,33H,15,19H2,1-2H3,(H,31,37)(H,32,35,38);3-4H,1-2H3;1-2H3/b;4-3-;. The van der Waals surface area contributed by atoms with Crippen molar-refractivity contribution in [2.45, 2.75) is 53.1 Å². The number of carbonyl (C=O) groups excluding carboxylic acids is 2. The van der Waals surface area contributed by atoms with Crippen LogP contribution >= 0.6 is 0 Å². The van der Waals surface area contributed by atoms with Gasteiger partial charge in [0.05, 0.1) is 17.8 Å². The number of hydrogen-bond acceptors (Lipinski definition) is 6. The molecule has 4 rings (SSSR count). The number of nitrogens with zero attached hydrogens (tertiary/aromatic N) is 4. The Hall–Kier alpha value is -5.07. The van der Waals surface area contributed by atoms with Crippen LogP contribution in [0.1, 0.15) is 63.3 Å². The van der Waals surface area contributed by atoms with Gasteiger partial charge in [0.15, 0.2) is 0 Å². The third-order valence-electron chi connectivity index (χ3n) is 6.53. The summed E-state index contributed by atoms with van der Waals surface area (Å²) in [4.78, 5) is 29.3. The van der Waals surface area contributed by atoms with Crippen LogP contribution in [-0.4, -0.2) is 40.2 Å². The monoisotopic (exact) mass is 593 g/mol. The van der Waals surface area contributed by atoms with Crippen molar-refractivity contribution in [1.82, 2.24) is 25.4 Å². The number of rotatable bonds is 10. The van der Waals surface area contributed by atoms with Crippen LogP contribution in [0.25, 0.3) is 11.1 Å². The van der Waals surface area contributed by atoms with E-state index in [2.05, 4.69) is 39.0 Å². The largest absolute Gasteiger partial charge is 0.358 e. The van der Waals surface area contributed by atoms with E-state index in [4.69, 9.17) is 5.26 Å². The van der Waals surface area contributed by atoms with Crippen molar-refractivity contribution < 1.29 is 9.59 Å². The van der Waals surface area contributed by atoms with Gasteiger partial charge in [0.2, 0.25) is 11.8 Å². The summed E-state index contributed by atoms with van der Waals surface area (Å²) in [6, 6.07) is 22.2. The van der Waals surface area contributed by atoms with Crippen molar-refractivity contribution in [1.29, 1.82) is 5.26 Å². The van der Waals surface area contributed by atoms with Gasteiger partial charge in [0.1, 0.15) is 18.4 Å². The lowest BCUT2D eigenvalue weighted by Gasteiger charge is -2.21. The quantitative estimate of drug-likeness (QED) is 0.187. The Balaban J connectivity index is 0.00000104. The zero-order chi connectivity index (χ0) is 32.3. The van der Waals surface area contributed by atoms with Gasteiger partial charge in [-0.25, -0.2) is 4.98 Å². The maximum atomic E-state index is 13.3. The smallest absolute Gasteiger partial charge is 0.247 e. The summed E-state index contributed by atoms with van der Waals surface area (Å²) < 4.78 is 1.55. The van der Waals surface area contributed by atoms with Gasteiger partial charge >= 0.3 is 0 Å². The van der Waals surface area contributed by atoms with Crippen LogP contribution in [0.3, 0.4) is 0 Å². The highest BCUT2D eigenvalue weighted by atomic mass is 16.2. The Labute approximate surface area is 261 Å². The van der Waals surface area contributed by atoms with Gasteiger partial charge in [-0.05, 0) is 55.2 Å². The van der Waals surface area contributed by atoms with Crippen molar-refractivity contribution >= 4 is 17.6 Å². The average Bonchev–Trinajstić information content (AvgIpc) is 3.54. The Morgan fingerprint density at radius 2 is 1.61 bits per heavy atom. The third kappa shape index (κ3) is 11.0. The number of hydrogen-bond donors (Lipinski definition) is 3. The first-order chi connectivity index (χ1) is 21.4. The van der Waals surface area contributed by atoms with Crippen molar-refractivity contribution in [3.8, 4) is 17.2 Å². The average molecular weight is 594 g/mol. The van der Waals surface area contributed by atoms with E-state index in [-0.39, 0.29) is 24.3 Å². The molecule has 0 aliphatic heterocycles. The van der Waals surface area contributed by atoms with Crippen LogP contribution in [0.2, 0.25) is 0 Å². The number of amides is 2. The van der Waals surface area contributed by atoms with Gasteiger partial charge in [0.25, 0.3) is 0 Å². The van der Waals surface area contributed by atoms with Gasteiger partial charge in [-0.15, -0.1) is 0 Å². The SMILES string of the molecule is C/C=C\C.CC.CNC(=O)Cn1cc(-c2ccc(NC(=O)C(NCC(C)c3ccc(C#N)cc3)c3ccccc3)nc2)cn1. The molecule has 230 valence electrons. The molecule has 0 saturated heterocycles. The summed E-state index contributed by atoms with van der Waals surface area (Å²) in [5.74, 6) is 0.202. The number of aromatic nitrogens is 3. The molecule has 2 aromatic heterocycles.